The van der Waals surface area contributed by atoms with Gasteiger partial charge >= 0.3 is 6.09 Å². The van der Waals surface area contributed by atoms with Gasteiger partial charge in [0.25, 0.3) is 0 Å². The van der Waals surface area contributed by atoms with Gasteiger partial charge in [-0.1, -0.05) is 18.2 Å². The average molecular weight is 342 g/mol. The topological polar surface area (TPSA) is 68.7 Å². The number of carbonyl (C=O) groups is 1. The van der Waals surface area contributed by atoms with Crippen molar-refractivity contribution in [3.8, 4) is 0 Å². The highest BCUT2D eigenvalue weighted by Gasteiger charge is 2.26. The van der Waals surface area contributed by atoms with Crippen LogP contribution >= 0.6 is 0 Å². The number of hydrogen-bond acceptors (Lipinski definition) is 4. The van der Waals surface area contributed by atoms with E-state index in [9.17, 15) is 4.79 Å². The lowest BCUT2D eigenvalue weighted by atomic mass is 9.90. The molecule has 1 saturated carbocycles. The molecule has 1 aromatic carbocycles. The molecule has 1 heterocycles. The van der Waals surface area contributed by atoms with Gasteiger partial charge in [0, 0.05) is 50.4 Å². The van der Waals surface area contributed by atoms with Crippen molar-refractivity contribution in [1.29, 1.82) is 0 Å². The molecular weight excluding hydrogens is 316 g/mol. The summed E-state index contributed by atoms with van der Waals surface area (Å²) in [6.45, 7) is 0. The van der Waals surface area contributed by atoms with E-state index in [0.717, 1.165) is 48.1 Å². The van der Waals surface area contributed by atoms with Crippen LogP contribution in [0.5, 0.6) is 0 Å². The molecule has 0 bridgehead atoms. The average Bonchev–Trinajstić information content (AvgIpc) is 2.61. The highest BCUT2D eigenvalue weighted by molar-refractivity contribution is 5.93. The Balaban J connectivity index is 1.73. The van der Waals surface area contributed by atoms with Gasteiger partial charge in [0.2, 0.25) is 0 Å². The largest absolute Gasteiger partial charge is 0.465 e. The van der Waals surface area contributed by atoms with Crippen LogP contribution in [0.4, 0.5) is 16.3 Å². The number of amides is 1. The molecule has 6 heteroatoms. The first-order valence-corrected chi connectivity index (χ1v) is 8.75. The number of rotatable bonds is 4. The summed E-state index contributed by atoms with van der Waals surface area (Å²) in [5, 5.41) is 13.8. The van der Waals surface area contributed by atoms with Crippen LogP contribution < -0.4 is 10.2 Å². The van der Waals surface area contributed by atoms with Crippen LogP contribution in [-0.2, 0) is 0 Å². The third kappa shape index (κ3) is 3.78. The zero-order valence-electron chi connectivity index (χ0n) is 15.1. The number of fused-ring (bicyclic) bond motifs is 1. The van der Waals surface area contributed by atoms with E-state index in [1.54, 1.807) is 7.05 Å². The lowest BCUT2D eigenvalue weighted by Gasteiger charge is -2.33. The maximum absolute atomic E-state index is 11.1. The number of pyridine rings is 1. The summed E-state index contributed by atoms with van der Waals surface area (Å²) >= 11 is 0. The molecule has 3 rings (SSSR count). The van der Waals surface area contributed by atoms with Crippen molar-refractivity contribution >= 4 is 28.5 Å². The van der Waals surface area contributed by atoms with Crippen molar-refractivity contribution in [1.82, 2.24) is 9.88 Å². The van der Waals surface area contributed by atoms with Crippen LogP contribution in [0, 0.1) is 0 Å². The quantitative estimate of drug-likeness (QED) is 0.888. The summed E-state index contributed by atoms with van der Waals surface area (Å²) < 4.78 is 0. The maximum atomic E-state index is 11.1. The highest BCUT2D eigenvalue weighted by Crippen LogP contribution is 2.29. The van der Waals surface area contributed by atoms with Crippen LogP contribution in [0.25, 0.3) is 10.9 Å². The third-order valence-corrected chi connectivity index (χ3v) is 5.07. The smallest absolute Gasteiger partial charge is 0.407 e. The molecule has 6 nitrogen and oxygen atoms in total. The molecule has 1 aromatic heterocycles. The zero-order valence-corrected chi connectivity index (χ0v) is 15.1. The van der Waals surface area contributed by atoms with Gasteiger partial charge in [-0.3, -0.25) is 0 Å². The van der Waals surface area contributed by atoms with Crippen LogP contribution in [0.2, 0.25) is 0 Å². The van der Waals surface area contributed by atoms with Crippen molar-refractivity contribution < 1.29 is 9.90 Å². The predicted octanol–water partition coefficient (Wildman–Crippen LogP) is 3.63. The molecule has 1 amide bonds. The Hall–Kier alpha value is -2.50. The van der Waals surface area contributed by atoms with E-state index in [1.807, 2.05) is 32.3 Å². The molecule has 0 unspecified atom stereocenters. The van der Waals surface area contributed by atoms with E-state index in [1.165, 1.54) is 4.90 Å². The van der Waals surface area contributed by atoms with Crippen molar-refractivity contribution in [2.24, 2.45) is 0 Å². The minimum atomic E-state index is -0.844. The number of aromatic nitrogens is 1. The van der Waals surface area contributed by atoms with Crippen molar-refractivity contribution in [3.05, 3.63) is 30.3 Å². The van der Waals surface area contributed by atoms with Crippen LogP contribution in [0.15, 0.2) is 30.3 Å². The van der Waals surface area contributed by atoms with E-state index < -0.39 is 6.09 Å². The summed E-state index contributed by atoms with van der Waals surface area (Å²) in [7, 11) is 5.74. The first-order valence-electron chi connectivity index (χ1n) is 8.75. The van der Waals surface area contributed by atoms with Gasteiger partial charge < -0.3 is 20.2 Å². The van der Waals surface area contributed by atoms with Gasteiger partial charge in [0.1, 0.15) is 5.82 Å². The molecule has 0 spiro atoms. The van der Waals surface area contributed by atoms with Gasteiger partial charge in [-0.2, -0.15) is 0 Å². The Kier molecular flexibility index (Phi) is 4.97. The van der Waals surface area contributed by atoms with Crippen molar-refractivity contribution in [2.45, 2.75) is 37.8 Å². The van der Waals surface area contributed by atoms with Crippen LogP contribution in [-0.4, -0.2) is 54.3 Å². The molecule has 0 aliphatic heterocycles. The second kappa shape index (κ2) is 7.17. The summed E-state index contributed by atoms with van der Waals surface area (Å²) in [6.07, 6.45) is 2.83. The minimum Gasteiger partial charge on any atom is -0.465 e. The summed E-state index contributed by atoms with van der Waals surface area (Å²) in [4.78, 5) is 19.4. The Morgan fingerprint density at radius 2 is 1.84 bits per heavy atom. The molecule has 25 heavy (non-hydrogen) atoms. The van der Waals surface area contributed by atoms with Gasteiger partial charge in [-0.25, -0.2) is 9.78 Å². The van der Waals surface area contributed by atoms with E-state index in [2.05, 4.69) is 22.3 Å². The molecule has 1 aliphatic rings. The summed E-state index contributed by atoms with van der Waals surface area (Å²) in [5.74, 6) is 0.887. The van der Waals surface area contributed by atoms with Crippen LogP contribution in [0.3, 0.4) is 0 Å². The number of anilines is 2. The number of hydrogen-bond donors (Lipinski definition) is 2. The van der Waals surface area contributed by atoms with Gasteiger partial charge in [0.05, 0.1) is 5.52 Å². The molecule has 2 N–H and O–H groups in total. The minimum absolute atomic E-state index is 0.123. The first-order chi connectivity index (χ1) is 12.0. The summed E-state index contributed by atoms with van der Waals surface area (Å²) in [5.41, 5.74) is 2.13. The van der Waals surface area contributed by atoms with E-state index in [0.29, 0.717) is 6.04 Å². The second-order valence-electron chi connectivity index (χ2n) is 6.98. The molecule has 0 radical (unpaired) electrons. The molecule has 0 saturated heterocycles. The van der Waals surface area contributed by atoms with Crippen LogP contribution in [0.1, 0.15) is 25.7 Å². The molecule has 134 valence electrons. The van der Waals surface area contributed by atoms with E-state index >= 15 is 0 Å². The van der Waals surface area contributed by atoms with E-state index in [4.69, 9.17) is 10.1 Å². The molecule has 2 aromatic rings. The maximum Gasteiger partial charge on any atom is 0.407 e. The molecular formula is C19H26N4O2. The number of benzene rings is 1. The fourth-order valence-electron chi connectivity index (χ4n) is 3.57. The fourth-order valence-corrected chi connectivity index (χ4v) is 3.57. The lowest BCUT2D eigenvalue weighted by Crippen LogP contribution is -2.40. The van der Waals surface area contributed by atoms with Crippen molar-refractivity contribution in [2.75, 3.05) is 31.4 Å². The van der Waals surface area contributed by atoms with E-state index in [-0.39, 0.29) is 6.04 Å². The number of carboxylic acid groups (broad SMARTS) is 1. The summed E-state index contributed by atoms with van der Waals surface area (Å²) in [6, 6.07) is 10.7. The van der Waals surface area contributed by atoms with Gasteiger partial charge in [0.15, 0.2) is 0 Å². The first kappa shape index (κ1) is 17.3. The zero-order chi connectivity index (χ0) is 18.0. The second-order valence-corrected chi connectivity index (χ2v) is 6.98. The number of nitrogens with zero attached hydrogens (tertiary/aromatic N) is 3. The predicted molar refractivity (Wildman–Crippen MR) is 102 cm³/mol. The number of para-hydroxylation sites is 1. The fraction of sp³-hybridized carbons (Fsp3) is 0.474. The Labute approximate surface area is 148 Å². The Morgan fingerprint density at radius 1 is 1.16 bits per heavy atom. The van der Waals surface area contributed by atoms with Gasteiger partial charge in [-0.05, 0) is 31.7 Å². The highest BCUT2D eigenvalue weighted by atomic mass is 16.4. The number of nitrogens with one attached hydrogen (secondary N) is 1. The normalized spacial score (nSPS) is 20.3. The molecule has 0 atom stereocenters. The van der Waals surface area contributed by atoms with Gasteiger partial charge in [-0.15, -0.1) is 0 Å². The Morgan fingerprint density at radius 3 is 2.48 bits per heavy atom. The third-order valence-electron chi connectivity index (χ3n) is 5.07. The monoisotopic (exact) mass is 342 g/mol. The molecule has 1 fully saturated rings. The molecule has 1 aliphatic carbocycles. The SMILES string of the molecule is CN(C)c1cc(N[C@H]2CC[C@@H](N(C)C(=O)O)CC2)nc2ccccc12. The lowest BCUT2D eigenvalue weighted by molar-refractivity contribution is 0.125. The Bertz CT molecular complexity index is 754. The van der Waals surface area contributed by atoms with Crippen molar-refractivity contribution in [3.63, 3.8) is 0 Å². The standard InChI is InChI=1S/C19H26N4O2/c1-22(2)17-12-18(21-16-7-5-4-6-15(16)17)20-13-8-10-14(11-9-13)23(3)19(24)25/h4-7,12-14H,8-11H2,1-3H3,(H,20,21)(H,24,25)/t13-,14+.